The highest BCUT2D eigenvalue weighted by atomic mass is 32.2. The molecule has 0 radical (unpaired) electrons. The van der Waals surface area contributed by atoms with Gasteiger partial charge in [0.2, 0.25) is 5.91 Å². The first-order chi connectivity index (χ1) is 17.6. The van der Waals surface area contributed by atoms with E-state index >= 15 is 0 Å². The molecule has 200 valence electrons. The molecule has 2 N–H and O–H groups in total. The second-order valence-corrected chi connectivity index (χ2v) is 9.93. The Morgan fingerprint density at radius 1 is 1.03 bits per heavy atom. The third-order valence-corrected chi connectivity index (χ3v) is 7.61. The van der Waals surface area contributed by atoms with Crippen molar-refractivity contribution >= 4 is 34.7 Å². The number of carbonyl (C=O) groups is 4. The number of thioether (sulfide) groups is 1. The number of hydrogen-bond donors (Lipinski definition) is 2. The number of likely N-dealkylation sites (tertiary alicyclic amines) is 1. The van der Waals surface area contributed by atoms with Crippen LogP contribution in [-0.4, -0.2) is 96.6 Å². The lowest BCUT2D eigenvalue weighted by atomic mass is 10.0. The van der Waals surface area contributed by atoms with Gasteiger partial charge in [-0.2, -0.15) is 13.2 Å². The fourth-order valence-corrected chi connectivity index (χ4v) is 5.51. The lowest BCUT2D eigenvalue weighted by Gasteiger charge is -2.30. The van der Waals surface area contributed by atoms with Crippen molar-refractivity contribution in [2.75, 3.05) is 58.9 Å². The molecule has 0 aliphatic carbocycles. The van der Waals surface area contributed by atoms with Gasteiger partial charge in [0.15, 0.2) is 0 Å². The number of rotatable bonds is 6. The number of nitrogens with zero attached hydrogens (tertiary/aromatic N) is 3. The molecule has 0 atom stereocenters. The molecule has 3 aliphatic rings. The third-order valence-electron chi connectivity index (χ3n) is 6.55. The quantitative estimate of drug-likeness (QED) is 0.533. The molecule has 4 amide bonds. The summed E-state index contributed by atoms with van der Waals surface area (Å²) in [6, 6.07) is 4.65. The number of nitrogens with one attached hydrogen (secondary N) is 2. The van der Waals surface area contributed by atoms with E-state index in [2.05, 4.69) is 15.5 Å². The molecular weight excluding hydrogens is 511 g/mol. The Kier molecular flexibility index (Phi) is 8.55. The van der Waals surface area contributed by atoms with Gasteiger partial charge in [0.1, 0.15) is 6.54 Å². The van der Waals surface area contributed by atoms with E-state index < -0.39 is 40.3 Å². The Hall–Kier alpha value is -2.90. The summed E-state index contributed by atoms with van der Waals surface area (Å²) in [6.45, 7) is 4.55. The predicted octanol–water partition coefficient (Wildman–Crippen LogP) is 1.91. The van der Waals surface area contributed by atoms with Gasteiger partial charge in [-0.15, -0.1) is 0 Å². The normalized spacial score (nSPS) is 19.5. The number of hydrogen-bond acceptors (Lipinski definition) is 7. The van der Waals surface area contributed by atoms with E-state index in [-0.39, 0.29) is 37.4 Å². The van der Waals surface area contributed by atoms with Crippen LogP contribution >= 0.6 is 11.8 Å². The third kappa shape index (κ3) is 6.51. The summed E-state index contributed by atoms with van der Waals surface area (Å²) in [5.74, 6) is -1.70. The van der Waals surface area contributed by atoms with Crippen LogP contribution in [-0.2, 0) is 15.8 Å². The Bertz CT molecular complexity index is 1090. The maximum atomic E-state index is 13.3. The molecule has 0 saturated carbocycles. The van der Waals surface area contributed by atoms with Crippen LogP contribution in [0.3, 0.4) is 0 Å². The van der Waals surface area contributed by atoms with Crippen molar-refractivity contribution in [3.05, 3.63) is 45.9 Å². The van der Waals surface area contributed by atoms with E-state index in [0.29, 0.717) is 18.7 Å². The van der Waals surface area contributed by atoms with E-state index in [1.54, 1.807) is 0 Å². The van der Waals surface area contributed by atoms with Crippen LogP contribution in [0.4, 0.5) is 18.0 Å². The highest BCUT2D eigenvalue weighted by Gasteiger charge is 2.40. The zero-order valence-electron chi connectivity index (χ0n) is 20.1. The van der Waals surface area contributed by atoms with Gasteiger partial charge in [-0.25, -0.2) is 0 Å². The highest BCUT2D eigenvalue weighted by molar-refractivity contribution is 8.18. The molecule has 3 aliphatic heterocycles. The molecule has 9 nitrogen and oxygen atoms in total. The highest BCUT2D eigenvalue weighted by Crippen LogP contribution is 2.37. The van der Waals surface area contributed by atoms with E-state index in [9.17, 15) is 32.3 Å². The van der Waals surface area contributed by atoms with Crippen molar-refractivity contribution in [3.63, 3.8) is 0 Å². The SMILES string of the molecule is O=C(CN1C(=O)SC(=C2CCN(C(=O)c3ccccc3C(F)(F)F)CC2)C1=O)NCCN1CCNCC1. The van der Waals surface area contributed by atoms with Crippen LogP contribution in [0, 0.1) is 0 Å². The van der Waals surface area contributed by atoms with Crippen molar-refractivity contribution in [1.82, 2.24) is 25.3 Å². The zero-order valence-corrected chi connectivity index (χ0v) is 20.9. The molecule has 3 heterocycles. The maximum absolute atomic E-state index is 13.3. The van der Waals surface area contributed by atoms with E-state index in [1.807, 2.05) is 0 Å². The minimum absolute atomic E-state index is 0.123. The van der Waals surface area contributed by atoms with Gasteiger partial charge in [0.05, 0.1) is 16.0 Å². The first-order valence-corrected chi connectivity index (χ1v) is 12.9. The molecule has 1 aromatic carbocycles. The summed E-state index contributed by atoms with van der Waals surface area (Å²) < 4.78 is 39.9. The minimum atomic E-state index is -4.65. The number of carbonyl (C=O) groups excluding carboxylic acids is 4. The first-order valence-electron chi connectivity index (χ1n) is 12.1. The summed E-state index contributed by atoms with van der Waals surface area (Å²) in [7, 11) is 0. The summed E-state index contributed by atoms with van der Waals surface area (Å²) in [5.41, 5.74) is -0.738. The van der Waals surface area contributed by atoms with Gasteiger partial charge in [0, 0.05) is 52.4 Å². The number of imide groups is 1. The molecular formula is C24H28F3N5O4S. The molecule has 13 heteroatoms. The molecule has 37 heavy (non-hydrogen) atoms. The fourth-order valence-electron chi connectivity index (χ4n) is 4.53. The van der Waals surface area contributed by atoms with Gasteiger partial charge in [-0.1, -0.05) is 12.1 Å². The van der Waals surface area contributed by atoms with Crippen LogP contribution in [0.15, 0.2) is 34.7 Å². The minimum Gasteiger partial charge on any atom is -0.353 e. The first kappa shape index (κ1) is 27.1. The molecule has 0 spiro atoms. The molecule has 0 aromatic heterocycles. The molecule has 0 unspecified atom stereocenters. The Morgan fingerprint density at radius 3 is 2.38 bits per heavy atom. The predicted molar refractivity (Wildman–Crippen MR) is 131 cm³/mol. The molecule has 3 fully saturated rings. The zero-order chi connectivity index (χ0) is 26.6. The fraction of sp³-hybridized carbons (Fsp3) is 0.500. The Labute approximate surface area is 216 Å². The lowest BCUT2D eigenvalue weighted by molar-refractivity contribution is -0.138. The van der Waals surface area contributed by atoms with Crippen LogP contribution in [0.1, 0.15) is 28.8 Å². The second-order valence-electron chi connectivity index (χ2n) is 8.97. The van der Waals surface area contributed by atoms with E-state index in [4.69, 9.17) is 0 Å². The smallest absolute Gasteiger partial charge is 0.353 e. The number of amides is 4. The average molecular weight is 540 g/mol. The summed E-state index contributed by atoms with van der Waals surface area (Å²) in [4.78, 5) is 55.1. The van der Waals surface area contributed by atoms with Crippen molar-refractivity contribution in [1.29, 1.82) is 0 Å². The Balaban J connectivity index is 1.32. The standard InChI is InChI=1S/C24H28F3N5O4S/c25-24(26,27)18-4-2-1-3-17(18)21(34)31-10-5-16(6-11-31)20-22(35)32(23(36)37-20)15-19(33)29-9-14-30-12-7-28-8-13-30/h1-4,28H,5-15H2,(H,29,33). The number of piperidine rings is 1. The number of alkyl halides is 3. The van der Waals surface area contributed by atoms with Gasteiger partial charge >= 0.3 is 6.18 Å². The van der Waals surface area contributed by atoms with Crippen molar-refractivity contribution < 1.29 is 32.3 Å². The monoisotopic (exact) mass is 539 g/mol. The second kappa shape index (κ2) is 11.7. The number of halogens is 3. The summed E-state index contributed by atoms with van der Waals surface area (Å²) in [6.07, 6.45) is -4.14. The van der Waals surface area contributed by atoms with Crippen molar-refractivity contribution in [2.24, 2.45) is 0 Å². The maximum Gasteiger partial charge on any atom is 0.417 e. The number of benzene rings is 1. The largest absolute Gasteiger partial charge is 0.417 e. The molecule has 0 bridgehead atoms. The van der Waals surface area contributed by atoms with Crippen molar-refractivity contribution in [2.45, 2.75) is 19.0 Å². The molecule has 1 aromatic rings. The van der Waals surface area contributed by atoms with Crippen LogP contribution < -0.4 is 10.6 Å². The van der Waals surface area contributed by atoms with E-state index in [1.165, 1.54) is 17.0 Å². The molecule has 3 saturated heterocycles. The molecule has 4 rings (SSSR count). The number of piperazine rings is 1. The van der Waals surface area contributed by atoms with Gasteiger partial charge < -0.3 is 15.5 Å². The van der Waals surface area contributed by atoms with Crippen LogP contribution in [0.2, 0.25) is 0 Å². The lowest BCUT2D eigenvalue weighted by Crippen LogP contribution is -2.47. The van der Waals surface area contributed by atoms with Gasteiger partial charge in [-0.05, 0) is 42.3 Å². The van der Waals surface area contributed by atoms with Crippen LogP contribution in [0.25, 0.3) is 0 Å². The van der Waals surface area contributed by atoms with E-state index in [0.717, 1.165) is 55.0 Å². The topological polar surface area (TPSA) is 102 Å². The van der Waals surface area contributed by atoms with Gasteiger partial charge in [0.25, 0.3) is 17.1 Å². The van der Waals surface area contributed by atoms with Crippen LogP contribution in [0.5, 0.6) is 0 Å². The van der Waals surface area contributed by atoms with Crippen molar-refractivity contribution in [3.8, 4) is 0 Å². The summed E-state index contributed by atoms with van der Waals surface area (Å²) in [5, 5.41) is 5.45. The Morgan fingerprint density at radius 2 is 1.70 bits per heavy atom. The van der Waals surface area contributed by atoms with Gasteiger partial charge in [-0.3, -0.25) is 29.0 Å². The summed E-state index contributed by atoms with van der Waals surface area (Å²) >= 11 is 0.758. The average Bonchev–Trinajstić information content (AvgIpc) is 3.17.